The number of hydrogen-bond acceptors (Lipinski definition) is 4. The first-order valence-corrected chi connectivity index (χ1v) is 10.0. The van der Waals surface area contributed by atoms with Crippen molar-refractivity contribution in [3.8, 4) is 11.4 Å². The molecule has 3 aromatic rings. The SMILES string of the molecule is CC[C@H](CNC(=O)[C@H](C)Sc1n[nH]c(-c2ccccc2)n1)c1ccccc1. The summed E-state index contributed by atoms with van der Waals surface area (Å²) in [5.74, 6) is 1.03. The average molecular weight is 381 g/mol. The van der Waals surface area contributed by atoms with Crippen molar-refractivity contribution in [2.75, 3.05) is 6.54 Å². The summed E-state index contributed by atoms with van der Waals surface area (Å²) in [6.07, 6.45) is 0.979. The monoisotopic (exact) mass is 380 g/mol. The smallest absolute Gasteiger partial charge is 0.233 e. The lowest BCUT2D eigenvalue weighted by atomic mass is 9.96. The molecule has 0 spiro atoms. The fraction of sp³-hybridized carbons (Fsp3) is 0.286. The van der Waals surface area contributed by atoms with E-state index < -0.39 is 0 Å². The third kappa shape index (κ3) is 5.20. The summed E-state index contributed by atoms with van der Waals surface area (Å²) in [5.41, 5.74) is 2.23. The molecule has 0 saturated heterocycles. The van der Waals surface area contributed by atoms with E-state index in [4.69, 9.17) is 0 Å². The van der Waals surface area contributed by atoms with Gasteiger partial charge < -0.3 is 5.32 Å². The molecule has 0 saturated carbocycles. The number of H-pyrrole nitrogens is 1. The molecule has 5 nitrogen and oxygen atoms in total. The maximum atomic E-state index is 12.5. The zero-order valence-electron chi connectivity index (χ0n) is 15.6. The molecule has 140 valence electrons. The van der Waals surface area contributed by atoms with Crippen LogP contribution in [-0.2, 0) is 4.79 Å². The first kappa shape index (κ1) is 19.2. The number of hydrogen-bond donors (Lipinski definition) is 2. The second kappa shape index (κ2) is 9.37. The Morgan fingerprint density at radius 1 is 1.11 bits per heavy atom. The maximum absolute atomic E-state index is 12.5. The second-order valence-corrected chi connectivity index (χ2v) is 7.66. The van der Waals surface area contributed by atoms with E-state index in [0.29, 0.717) is 23.4 Å². The normalized spacial score (nSPS) is 13.1. The summed E-state index contributed by atoms with van der Waals surface area (Å²) < 4.78 is 0. The van der Waals surface area contributed by atoms with Gasteiger partial charge in [0.2, 0.25) is 11.1 Å². The van der Waals surface area contributed by atoms with E-state index in [-0.39, 0.29) is 11.2 Å². The molecular formula is C21H24N4OS. The predicted molar refractivity (Wildman–Crippen MR) is 110 cm³/mol. The van der Waals surface area contributed by atoms with Gasteiger partial charge >= 0.3 is 0 Å². The van der Waals surface area contributed by atoms with Crippen LogP contribution in [0.4, 0.5) is 0 Å². The van der Waals surface area contributed by atoms with E-state index in [1.165, 1.54) is 17.3 Å². The van der Waals surface area contributed by atoms with E-state index in [9.17, 15) is 4.79 Å². The van der Waals surface area contributed by atoms with Crippen LogP contribution in [-0.4, -0.2) is 32.9 Å². The summed E-state index contributed by atoms with van der Waals surface area (Å²) in [5, 5.41) is 10.5. The lowest BCUT2D eigenvalue weighted by molar-refractivity contribution is -0.120. The Labute approximate surface area is 164 Å². The molecule has 6 heteroatoms. The van der Waals surface area contributed by atoms with Gasteiger partial charge in [-0.05, 0) is 18.9 Å². The van der Waals surface area contributed by atoms with Crippen molar-refractivity contribution in [2.45, 2.75) is 36.6 Å². The molecule has 2 N–H and O–H groups in total. The van der Waals surface area contributed by atoms with Crippen LogP contribution in [0.2, 0.25) is 0 Å². The van der Waals surface area contributed by atoms with Crippen LogP contribution in [0.1, 0.15) is 31.7 Å². The lowest BCUT2D eigenvalue weighted by Gasteiger charge is -2.17. The molecule has 0 bridgehead atoms. The van der Waals surface area contributed by atoms with Gasteiger partial charge in [0.05, 0.1) is 5.25 Å². The van der Waals surface area contributed by atoms with Crippen molar-refractivity contribution in [1.29, 1.82) is 0 Å². The van der Waals surface area contributed by atoms with Gasteiger partial charge in [-0.2, -0.15) is 0 Å². The molecule has 0 aliphatic rings. The average Bonchev–Trinajstić information content (AvgIpc) is 3.18. The summed E-state index contributed by atoms with van der Waals surface area (Å²) in [6.45, 7) is 4.65. The summed E-state index contributed by atoms with van der Waals surface area (Å²) in [4.78, 5) is 17.0. The number of benzene rings is 2. The minimum Gasteiger partial charge on any atom is -0.355 e. The van der Waals surface area contributed by atoms with Gasteiger partial charge in [-0.3, -0.25) is 9.89 Å². The van der Waals surface area contributed by atoms with Crippen LogP contribution in [0.3, 0.4) is 0 Å². The molecule has 1 heterocycles. The van der Waals surface area contributed by atoms with Gasteiger partial charge in [-0.1, -0.05) is 79.3 Å². The van der Waals surface area contributed by atoms with Crippen LogP contribution in [0, 0.1) is 0 Å². The molecule has 0 fully saturated rings. The lowest BCUT2D eigenvalue weighted by Crippen LogP contribution is -2.34. The highest BCUT2D eigenvalue weighted by Gasteiger charge is 2.19. The summed E-state index contributed by atoms with van der Waals surface area (Å²) in [6, 6.07) is 20.1. The standard InChI is InChI=1S/C21H24N4OS/c1-3-16(17-10-6-4-7-11-17)14-22-20(26)15(2)27-21-23-19(24-25-21)18-12-8-5-9-13-18/h4-13,15-16H,3,14H2,1-2H3,(H,22,26)(H,23,24,25)/t15-,16+/m0/s1. The van der Waals surface area contributed by atoms with Crippen LogP contribution in [0.5, 0.6) is 0 Å². The number of carbonyl (C=O) groups excluding carboxylic acids is 1. The first-order chi connectivity index (χ1) is 13.2. The molecule has 1 aromatic heterocycles. The van der Waals surface area contributed by atoms with Crippen molar-refractivity contribution in [1.82, 2.24) is 20.5 Å². The zero-order valence-corrected chi connectivity index (χ0v) is 16.4. The molecule has 2 aromatic carbocycles. The van der Waals surface area contributed by atoms with E-state index in [0.717, 1.165) is 12.0 Å². The van der Waals surface area contributed by atoms with Crippen molar-refractivity contribution < 1.29 is 4.79 Å². The Morgan fingerprint density at radius 3 is 2.44 bits per heavy atom. The Balaban J connectivity index is 1.54. The Morgan fingerprint density at radius 2 is 1.78 bits per heavy atom. The van der Waals surface area contributed by atoms with Gasteiger partial charge in [0.15, 0.2) is 5.82 Å². The molecule has 0 radical (unpaired) electrons. The fourth-order valence-electron chi connectivity index (χ4n) is 2.83. The first-order valence-electron chi connectivity index (χ1n) is 9.14. The minimum atomic E-state index is -0.266. The summed E-state index contributed by atoms with van der Waals surface area (Å²) in [7, 11) is 0. The second-order valence-electron chi connectivity index (χ2n) is 6.35. The Bertz CT molecular complexity index is 851. The van der Waals surface area contributed by atoms with Crippen LogP contribution >= 0.6 is 11.8 Å². The molecule has 0 aliphatic carbocycles. The largest absolute Gasteiger partial charge is 0.355 e. The number of nitrogens with one attached hydrogen (secondary N) is 2. The fourth-order valence-corrected chi connectivity index (χ4v) is 3.58. The van der Waals surface area contributed by atoms with Gasteiger partial charge in [-0.25, -0.2) is 4.98 Å². The van der Waals surface area contributed by atoms with E-state index in [1.54, 1.807) is 0 Å². The number of aromatic nitrogens is 3. The van der Waals surface area contributed by atoms with Gasteiger partial charge in [0, 0.05) is 18.0 Å². The Kier molecular flexibility index (Phi) is 6.65. The maximum Gasteiger partial charge on any atom is 0.233 e. The molecule has 0 unspecified atom stereocenters. The molecule has 27 heavy (non-hydrogen) atoms. The van der Waals surface area contributed by atoms with Gasteiger partial charge in [0.1, 0.15) is 0 Å². The summed E-state index contributed by atoms with van der Waals surface area (Å²) >= 11 is 1.36. The van der Waals surface area contributed by atoms with Crippen molar-refractivity contribution in [3.05, 3.63) is 66.2 Å². The highest BCUT2D eigenvalue weighted by molar-refractivity contribution is 8.00. The van der Waals surface area contributed by atoms with Crippen LogP contribution in [0.25, 0.3) is 11.4 Å². The molecule has 1 amide bonds. The number of rotatable bonds is 8. The van der Waals surface area contributed by atoms with Crippen LogP contribution in [0.15, 0.2) is 65.8 Å². The number of nitrogens with zero attached hydrogens (tertiary/aromatic N) is 2. The highest BCUT2D eigenvalue weighted by atomic mass is 32.2. The van der Waals surface area contributed by atoms with Crippen LogP contribution < -0.4 is 5.32 Å². The predicted octanol–water partition coefficient (Wildman–Crippen LogP) is 4.26. The van der Waals surface area contributed by atoms with Crippen molar-refractivity contribution in [2.24, 2.45) is 0 Å². The number of carbonyl (C=O) groups is 1. The molecule has 0 aliphatic heterocycles. The topological polar surface area (TPSA) is 70.7 Å². The number of thioether (sulfide) groups is 1. The van der Waals surface area contributed by atoms with E-state index in [1.807, 2.05) is 55.5 Å². The van der Waals surface area contributed by atoms with Crippen molar-refractivity contribution in [3.63, 3.8) is 0 Å². The third-order valence-corrected chi connectivity index (χ3v) is 5.41. The van der Waals surface area contributed by atoms with Gasteiger partial charge in [-0.15, -0.1) is 5.10 Å². The van der Waals surface area contributed by atoms with E-state index in [2.05, 4.69) is 39.6 Å². The Hall–Kier alpha value is -2.60. The number of amides is 1. The minimum absolute atomic E-state index is 0.000409. The molecule has 3 rings (SSSR count). The van der Waals surface area contributed by atoms with E-state index >= 15 is 0 Å². The zero-order chi connectivity index (χ0) is 19.1. The third-order valence-electron chi connectivity index (χ3n) is 4.45. The highest BCUT2D eigenvalue weighted by Crippen LogP contribution is 2.23. The number of aromatic amines is 1. The quantitative estimate of drug-likeness (QED) is 0.573. The van der Waals surface area contributed by atoms with Crippen molar-refractivity contribution >= 4 is 17.7 Å². The molecular weight excluding hydrogens is 356 g/mol. The van der Waals surface area contributed by atoms with Gasteiger partial charge in [0.25, 0.3) is 0 Å². The molecule has 2 atom stereocenters.